The maximum atomic E-state index is 11.1. The lowest BCUT2D eigenvalue weighted by molar-refractivity contribution is 0.0697. The van der Waals surface area contributed by atoms with Gasteiger partial charge in [0.1, 0.15) is 11.5 Å². The summed E-state index contributed by atoms with van der Waals surface area (Å²) in [5.74, 6) is 0.111. The summed E-state index contributed by atoms with van der Waals surface area (Å²) in [5.41, 5.74) is 3.44. The second kappa shape index (κ2) is 6.37. The Balaban J connectivity index is 1.84. The summed E-state index contributed by atoms with van der Waals surface area (Å²) in [6.07, 6.45) is 3.28. The Bertz CT molecular complexity index is 925. The summed E-state index contributed by atoms with van der Waals surface area (Å²) in [6.45, 7) is 3.03. The van der Waals surface area contributed by atoms with Crippen LogP contribution in [0.15, 0.2) is 36.4 Å². The number of thiophene rings is 1. The van der Waals surface area contributed by atoms with E-state index in [9.17, 15) is 4.79 Å². The maximum absolute atomic E-state index is 11.1. The molecule has 0 saturated heterocycles. The Morgan fingerprint density at radius 3 is 2.68 bits per heavy atom. The molecule has 0 spiro atoms. The zero-order valence-electron chi connectivity index (χ0n) is 14.0. The molecule has 0 saturated carbocycles. The van der Waals surface area contributed by atoms with E-state index < -0.39 is 5.97 Å². The lowest BCUT2D eigenvalue weighted by Gasteiger charge is -2.09. The van der Waals surface area contributed by atoms with E-state index in [0.717, 1.165) is 43.0 Å². The van der Waals surface area contributed by atoms with Crippen LogP contribution in [0, 0.1) is 6.92 Å². The van der Waals surface area contributed by atoms with Gasteiger partial charge < -0.3 is 10.4 Å². The van der Waals surface area contributed by atoms with E-state index in [1.54, 1.807) is 23.5 Å². The molecule has 3 heterocycles. The Labute approximate surface area is 149 Å². The second-order valence-electron chi connectivity index (χ2n) is 6.23. The molecule has 3 aromatic rings. The van der Waals surface area contributed by atoms with Crippen molar-refractivity contribution in [1.29, 1.82) is 0 Å². The van der Waals surface area contributed by atoms with Gasteiger partial charge >= 0.3 is 5.97 Å². The van der Waals surface area contributed by atoms with Crippen molar-refractivity contribution in [3.8, 4) is 16.3 Å². The normalized spacial score (nSPS) is 13.8. The van der Waals surface area contributed by atoms with Crippen molar-refractivity contribution in [2.24, 2.45) is 0 Å². The third kappa shape index (κ3) is 2.93. The summed E-state index contributed by atoms with van der Waals surface area (Å²) in [4.78, 5) is 13.5. The summed E-state index contributed by atoms with van der Waals surface area (Å²) in [6, 6.07) is 11.1. The van der Waals surface area contributed by atoms with Crippen molar-refractivity contribution in [2.75, 3.05) is 11.9 Å². The van der Waals surface area contributed by atoms with E-state index in [1.807, 2.05) is 16.8 Å². The molecule has 2 aromatic heterocycles. The van der Waals surface area contributed by atoms with Gasteiger partial charge in [-0.25, -0.2) is 9.48 Å². The number of rotatable bonds is 3. The SMILES string of the molecule is Cc1ccc(-c2nn(-c3ccc(C(=O)O)cc3)c3c2CCCCN3)s1. The van der Waals surface area contributed by atoms with Crippen LogP contribution < -0.4 is 5.32 Å². The number of anilines is 1. The van der Waals surface area contributed by atoms with Crippen molar-refractivity contribution in [3.05, 3.63) is 52.4 Å². The molecule has 0 bridgehead atoms. The standard InChI is InChI=1S/C19H19N3O2S/c1-12-5-10-16(25-12)17-15-4-2-3-11-20-18(15)22(21-17)14-8-6-13(7-9-14)19(23)24/h5-10,20H,2-4,11H2,1H3,(H,23,24). The zero-order chi connectivity index (χ0) is 17.4. The molecule has 0 fully saturated rings. The molecule has 4 rings (SSSR count). The fourth-order valence-corrected chi connectivity index (χ4v) is 4.07. The van der Waals surface area contributed by atoms with Crippen LogP contribution in [0.4, 0.5) is 5.82 Å². The van der Waals surface area contributed by atoms with E-state index in [0.29, 0.717) is 0 Å². The third-order valence-electron chi connectivity index (χ3n) is 4.46. The fourth-order valence-electron chi connectivity index (χ4n) is 3.19. The molecule has 1 aliphatic rings. The first-order valence-corrected chi connectivity index (χ1v) is 9.21. The van der Waals surface area contributed by atoms with E-state index in [1.165, 1.54) is 15.3 Å². The average Bonchev–Trinajstić information content (AvgIpc) is 3.10. The summed E-state index contributed by atoms with van der Waals surface area (Å²) in [5, 5.41) is 17.5. The molecular weight excluding hydrogens is 334 g/mol. The molecule has 6 heteroatoms. The van der Waals surface area contributed by atoms with Gasteiger partial charge in [0.15, 0.2) is 0 Å². The number of carbonyl (C=O) groups is 1. The molecule has 1 aromatic carbocycles. The van der Waals surface area contributed by atoms with Gasteiger partial charge in [-0.05, 0) is 62.6 Å². The molecule has 0 atom stereocenters. The van der Waals surface area contributed by atoms with Crippen molar-refractivity contribution in [1.82, 2.24) is 9.78 Å². The molecule has 0 amide bonds. The number of hydrogen-bond donors (Lipinski definition) is 2. The summed E-state index contributed by atoms with van der Waals surface area (Å²) < 4.78 is 1.91. The van der Waals surface area contributed by atoms with Gasteiger partial charge in [-0.2, -0.15) is 5.10 Å². The van der Waals surface area contributed by atoms with Crippen LogP contribution in [0.2, 0.25) is 0 Å². The summed E-state index contributed by atoms with van der Waals surface area (Å²) >= 11 is 1.75. The molecule has 25 heavy (non-hydrogen) atoms. The maximum Gasteiger partial charge on any atom is 0.335 e. The highest BCUT2D eigenvalue weighted by Gasteiger charge is 2.22. The van der Waals surface area contributed by atoms with Gasteiger partial charge in [-0.3, -0.25) is 0 Å². The molecule has 0 aliphatic carbocycles. The monoisotopic (exact) mass is 353 g/mol. The van der Waals surface area contributed by atoms with Crippen LogP contribution in [0.5, 0.6) is 0 Å². The average molecular weight is 353 g/mol. The van der Waals surface area contributed by atoms with Crippen LogP contribution in [0.25, 0.3) is 16.3 Å². The van der Waals surface area contributed by atoms with Gasteiger partial charge in [-0.15, -0.1) is 11.3 Å². The Hall–Kier alpha value is -2.60. The number of benzene rings is 1. The summed E-state index contributed by atoms with van der Waals surface area (Å²) in [7, 11) is 0. The number of hydrogen-bond acceptors (Lipinski definition) is 4. The number of aromatic nitrogens is 2. The number of aryl methyl sites for hydroxylation is 1. The first-order chi connectivity index (χ1) is 12.1. The Morgan fingerprint density at radius 2 is 2.00 bits per heavy atom. The molecule has 5 nitrogen and oxygen atoms in total. The number of nitrogens with zero attached hydrogens (tertiary/aromatic N) is 2. The topological polar surface area (TPSA) is 67.2 Å². The number of aromatic carboxylic acids is 1. The van der Waals surface area contributed by atoms with Gasteiger partial charge in [0, 0.05) is 17.0 Å². The fraction of sp³-hybridized carbons (Fsp3) is 0.263. The lowest BCUT2D eigenvalue weighted by Crippen LogP contribution is -2.07. The van der Waals surface area contributed by atoms with Crippen LogP contribution in [-0.2, 0) is 6.42 Å². The van der Waals surface area contributed by atoms with Gasteiger partial charge in [0.2, 0.25) is 0 Å². The smallest absolute Gasteiger partial charge is 0.335 e. The van der Waals surface area contributed by atoms with E-state index >= 15 is 0 Å². The number of fused-ring (bicyclic) bond motifs is 1. The van der Waals surface area contributed by atoms with Gasteiger partial charge in [-0.1, -0.05) is 0 Å². The number of nitrogens with one attached hydrogen (secondary N) is 1. The highest BCUT2D eigenvalue weighted by Crippen LogP contribution is 2.36. The Morgan fingerprint density at radius 1 is 1.20 bits per heavy atom. The molecule has 2 N–H and O–H groups in total. The van der Waals surface area contributed by atoms with Crippen molar-refractivity contribution < 1.29 is 9.90 Å². The van der Waals surface area contributed by atoms with E-state index in [2.05, 4.69) is 24.4 Å². The van der Waals surface area contributed by atoms with Crippen molar-refractivity contribution in [3.63, 3.8) is 0 Å². The second-order valence-corrected chi connectivity index (χ2v) is 7.52. The number of carboxylic acid groups (broad SMARTS) is 1. The first kappa shape index (κ1) is 15.9. The van der Waals surface area contributed by atoms with Crippen LogP contribution >= 0.6 is 11.3 Å². The van der Waals surface area contributed by atoms with Crippen LogP contribution in [0.1, 0.15) is 33.6 Å². The molecule has 0 radical (unpaired) electrons. The number of carboxylic acids is 1. The highest BCUT2D eigenvalue weighted by molar-refractivity contribution is 7.15. The predicted octanol–water partition coefficient (Wildman–Crippen LogP) is 4.36. The van der Waals surface area contributed by atoms with Crippen LogP contribution in [-0.4, -0.2) is 27.4 Å². The highest BCUT2D eigenvalue weighted by atomic mass is 32.1. The van der Waals surface area contributed by atoms with Crippen LogP contribution in [0.3, 0.4) is 0 Å². The minimum Gasteiger partial charge on any atom is -0.478 e. The quantitative estimate of drug-likeness (QED) is 0.734. The molecular formula is C19H19N3O2S. The zero-order valence-corrected chi connectivity index (χ0v) is 14.8. The largest absolute Gasteiger partial charge is 0.478 e. The Kier molecular flexibility index (Phi) is 4.05. The van der Waals surface area contributed by atoms with Gasteiger partial charge in [0.05, 0.1) is 16.1 Å². The van der Waals surface area contributed by atoms with Crippen molar-refractivity contribution in [2.45, 2.75) is 26.2 Å². The third-order valence-corrected chi connectivity index (χ3v) is 5.47. The molecule has 128 valence electrons. The minimum absolute atomic E-state index is 0.282. The van der Waals surface area contributed by atoms with E-state index in [-0.39, 0.29) is 5.56 Å². The van der Waals surface area contributed by atoms with Crippen molar-refractivity contribution >= 4 is 23.1 Å². The minimum atomic E-state index is -0.918. The first-order valence-electron chi connectivity index (χ1n) is 8.40. The molecule has 1 aliphatic heterocycles. The lowest BCUT2D eigenvalue weighted by atomic mass is 10.1. The molecule has 0 unspecified atom stereocenters. The van der Waals surface area contributed by atoms with Gasteiger partial charge in [0.25, 0.3) is 0 Å². The van der Waals surface area contributed by atoms with E-state index in [4.69, 9.17) is 10.2 Å². The predicted molar refractivity (Wildman–Crippen MR) is 100 cm³/mol.